The molecule has 110 valence electrons. The highest BCUT2D eigenvalue weighted by molar-refractivity contribution is 6.30. The summed E-state index contributed by atoms with van der Waals surface area (Å²) in [6.45, 7) is 2.83. The molecule has 0 aliphatic rings. The van der Waals surface area contributed by atoms with Gasteiger partial charge in [-0.25, -0.2) is 4.79 Å². The maximum absolute atomic E-state index is 11.4. The Balaban J connectivity index is 1.93. The van der Waals surface area contributed by atoms with Crippen LogP contribution in [0.4, 0.5) is 0 Å². The summed E-state index contributed by atoms with van der Waals surface area (Å²) in [4.78, 5) is 11.4. The zero-order valence-corrected chi connectivity index (χ0v) is 12.9. The van der Waals surface area contributed by atoms with E-state index in [0.29, 0.717) is 5.56 Å². The number of hydrogen-bond donors (Lipinski definition) is 1. The molecule has 0 aromatic heterocycles. The molecule has 21 heavy (non-hydrogen) atoms. The molecule has 2 aromatic rings. The Bertz CT molecular complexity index is 593. The standard InChI is InChI=1S/C17H18ClNO2/c1-12(14-7-9-16(18)10-8-14)19-11-13-3-5-15(6-4-13)17(20)21-2/h3-10,12,19H,11H2,1-2H3/t12-/m0/s1. The van der Waals surface area contributed by atoms with Crippen molar-refractivity contribution in [3.63, 3.8) is 0 Å². The first-order chi connectivity index (χ1) is 10.1. The van der Waals surface area contributed by atoms with Crippen LogP contribution in [0.15, 0.2) is 48.5 Å². The molecule has 2 aromatic carbocycles. The second kappa shape index (κ2) is 7.25. The van der Waals surface area contributed by atoms with Crippen LogP contribution >= 0.6 is 11.6 Å². The van der Waals surface area contributed by atoms with Crippen molar-refractivity contribution in [2.75, 3.05) is 7.11 Å². The molecule has 0 amide bonds. The fourth-order valence-corrected chi connectivity index (χ4v) is 2.14. The molecule has 0 spiro atoms. The molecule has 4 heteroatoms. The fraction of sp³-hybridized carbons (Fsp3) is 0.235. The van der Waals surface area contributed by atoms with Crippen LogP contribution in [0, 0.1) is 0 Å². The van der Waals surface area contributed by atoms with E-state index >= 15 is 0 Å². The minimum absolute atomic E-state index is 0.225. The number of rotatable bonds is 5. The lowest BCUT2D eigenvalue weighted by Crippen LogP contribution is -2.18. The molecule has 1 N–H and O–H groups in total. The van der Waals surface area contributed by atoms with Gasteiger partial charge in [0.05, 0.1) is 12.7 Å². The molecular weight excluding hydrogens is 286 g/mol. The number of esters is 1. The van der Waals surface area contributed by atoms with E-state index in [1.54, 1.807) is 12.1 Å². The Labute approximate surface area is 129 Å². The first kappa shape index (κ1) is 15.5. The Hall–Kier alpha value is -1.84. The first-order valence-corrected chi connectivity index (χ1v) is 7.14. The zero-order chi connectivity index (χ0) is 15.2. The summed E-state index contributed by atoms with van der Waals surface area (Å²) >= 11 is 5.88. The minimum atomic E-state index is -0.316. The summed E-state index contributed by atoms with van der Waals surface area (Å²) in [6, 6.07) is 15.4. The highest BCUT2D eigenvalue weighted by Gasteiger charge is 2.06. The van der Waals surface area contributed by atoms with E-state index in [1.165, 1.54) is 12.7 Å². The normalized spacial score (nSPS) is 12.0. The van der Waals surface area contributed by atoms with Crippen LogP contribution in [0.25, 0.3) is 0 Å². The summed E-state index contributed by atoms with van der Waals surface area (Å²) < 4.78 is 4.68. The molecule has 0 bridgehead atoms. The molecule has 0 aliphatic heterocycles. The Morgan fingerprint density at radius 1 is 1.14 bits per heavy atom. The van der Waals surface area contributed by atoms with Gasteiger partial charge < -0.3 is 10.1 Å². The van der Waals surface area contributed by atoms with Gasteiger partial charge in [-0.2, -0.15) is 0 Å². The topological polar surface area (TPSA) is 38.3 Å². The highest BCUT2D eigenvalue weighted by atomic mass is 35.5. The summed E-state index contributed by atoms with van der Waals surface area (Å²) in [5.41, 5.74) is 2.86. The second-order valence-electron chi connectivity index (χ2n) is 4.84. The first-order valence-electron chi connectivity index (χ1n) is 6.76. The zero-order valence-electron chi connectivity index (χ0n) is 12.1. The Morgan fingerprint density at radius 3 is 2.33 bits per heavy atom. The van der Waals surface area contributed by atoms with Crippen molar-refractivity contribution in [2.45, 2.75) is 19.5 Å². The van der Waals surface area contributed by atoms with E-state index in [0.717, 1.165) is 17.1 Å². The Morgan fingerprint density at radius 2 is 1.76 bits per heavy atom. The molecule has 0 heterocycles. The van der Waals surface area contributed by atoms with E-state index in [9.17, 15) is 4.79 Å². The van der Waals surface area contributed by atoms with Gasteiger partial charge in [0, 0.05) is 17.6 Å². The molecule has 0 radical (unpaired) electrons. The van der Waals surface area contributed by atoms with Crippen LogP contribution in [0.2, 0.25) is 5.02 Å². The van der Waals surface area contributed by atoms with Crippen LogP contribution in [0.1, 0.15) is 34.5 Å². The van der Waals surface area contributed by atoms with Crippen molar-refractivity contribution >= 4 is 17.6 Å². The van der Waals surface area contributed by atoms with Crippen molar-refractivity contribution in [1.82, 2.24) is 5.32 Å². The van der Waals surface area contributed by atoms with Gasteiger partial charge in [0.2, 0.25) is 0 Å². The summed E-state index contributed by atoms with van der Waals surface area (Å²) in [5.74, 6) is -0.316. The van der Waals surface area contributed by atoms with Gasteiger partial charge in [0.25, 0.3) is 0 Å². The SMILES string of the molecule is COC(=O)c1ccc(CN[C@@H](C)c2ccc(Cl)cc2)cc1. The number of carbonyl (C=O) groups is 1. The van der Waals surface area contributed by atoms with E-state index in [4.69, 9.17) is 11.6 Å². The number of halogens is 1. The predicted octanol–water partition coefficient (Wildman–Crippen LogP) is 3.98. The van der Waals surface area contributed by atoms with Crippen LogP contribution in [-0.4, -0.2) is 13.1 Å². The van der Waals surface area contributed by atoms with Crippen molar-refractivity contribution < 1.29 is 9.53 Å². The quantitative estimate of drug-likeness (QED) is 0.849. The number of hydrogen-bond acceptors (Lipinski definition) is 3. The maximum Gasteiger partial charge on any atom is 0.337 e. The molecule has 0 aliphatic carbocycles. The van der Waals surface area contributed by atoms with Crippen molar-refractivity contribution in [1.29, 1.82) is 0 Å². The van der Waals surface area contributed by atoms with Crippen LogP contribution in [0.5, 0.6) is 0 Å². The van der Waals surface area contributed by atoms with Gasteiger partial charge in [-0.3, -0.25) is 0 Å². The second-order valence-corrected chi connectivity index (χ2v) is 5.28. The molecule has 0 fully saturated rings. The van der Waals surface area contributed by atoms with Gasteiger partial charge in [0.15, 0.2) is 0 Å². The number of carbonyl (C=O) groups excluding carboxylic acids is 1. The number of nitrogens with one attached hydrogen (secondary N) is 1. The van der Waals surface area contributed by atoms with Gasteiger partial charge in [-0.05, 0) is 42.3 Å². The van der Waals surface area contributed by atoms with Gasteiger partial charge >= 0.3 is 5.97 Å². The third-order valence-electron chi connectivity index (χ3n) is 3.36. The average Bonchev–Trinajstić information content (AvgIpc) is 2.53. The lowest BCUT2D eigenvalue weighted by molar-refractivity contribution is 0.0600. The van der Waals surface area contributed by atoms with Gasteiger partial charge in [-0.1, -0.05) is 35.9 Å². The van der Waals surface area contributed by atoms with Crippen LogP contribution in [0.3, 0.4) is 0 Å². The van der Waals surface area contributed by atoms with E-state index in [2.05, 4.69) is 17.0 Å². The monoisotopic (exact) mass is 303 g/mol. The Kier molecular flexibility index (Phi) is 5.37. The van der Waals surface area contributed by atoms with E-state index < -0.39 is 0 Å². The number of benzene rings is 2. The molecule has 2 rings (SSSR count). The molecule has 0 saturated carbocycles. The largest absolute Gasteiger partial charge is 0.465 e. The van der Waals surface area contributed by atoms with Gasteiger partial charge in [-0.15, -0.1) is 0 Å². The minimum Gasteiger partial charge on any atom is -0.465 e. The molecule has 1 atom stereocenters. The third kappa shape index (κ3) is 4.31. The van der Waals surface area contributed by atoms with Crippen LogP contribution < -0.4 is 5.32 Å². The highest BCUT2D eigenvalue weighted by Crippen LogP contribution is 2.16. The molecule has 0 saturated heterocycles. The number of methoxy groups -OCH3 is 1. The lowest BCUT2D eigenvalue weighted by atomic mass is 10.1. The predicted molar refractivity (Wildman–Crippen MR) is 84.5 cm³/mol. The van der Waals surface area contributed by atoms with Crippen molar-refractivity contribution in [3.05, 3.63) is 70.2 Å². The summed E-state index contributed by atoms with van der Waals surface area (Å²) in [6.07, 6.45) is 0. The summed E-state index contributed by atoms with van der Waals surface area (Å²) in [7, 11) is 1.38. The molecule has 3 nitrogen and oxygen atoms in total. The van der Waals surface area contributed by atoms with Crippen LogP contribution in [-0.2, 0) is 11.3 Å². The smallest absolute Gasteiger partial charge is 0.337 e. The fourth-order valence-electron chi connectivity index (χ4n) is 2.02. The summed E-state index contributed by atoms with van der Waals surface area (Å²) in [5, 5.41) is 4.18. The lowest BCUT2D eigenvalue weighted by Gasteiger charge is -2.14. The maximum atomic E-state index is 11.4. The van der Waals surface area contributed by atoms with Gasteiger partial charge in [0.1, 0.15) is 0 Å². The van der Waals surface area contributed by atoms with E-state index in [-0.39, 0.29) is 12.0 Å². The van der Waals surface area contributed by atoms with Crippen molar-refractivity contribution in [3.8, 4) is 0 Å². The van der Waals surface area contributed by atoms with Crippen molar-refractivity contribution in [2.24, 2.45) is 0 Å². The molecular formula is C17H18ClNO2. The van der Waals surface area contributed by atoms with E-state index in [1.807, 2.05) is 36.4 Å². The average molecular weight is 304 g/mol. The number of ether oxygens (including phenoxy) is 1. The third-order valence-corrected chi connectivity index (χ3v) is 3.61. The molecule has 0 unspecified atom stereocenters.